The van der Waals surface area contributed by atoms with Crippen molar-refractivity contribution in [3.8, 4) is 0 Å². The first kappa shape index (κ1) is 22.7. The predicted molar refractivity (Wildman–Crippen MR) is 123 cm³/mol. The third-order valence-electron chi connectivity index (χ3n) is 5.14. The van der Waals surface area contributed by atoms with Crippen LogP contribution in [-0.4, -0.2) is 38.5 Å². The van der Waals surface area contributed by atoms with Crippen molar-refractivity contribution in [3.63, 3.8) is 0 Å². The Labute approximate surface area is 184 Å². The van der Waals surface area contributed by atoms with Crippen molar-refractivity contribution < 1.29 is 8.42 Å². The molecule has 1 aliphatic carbocycles. The molecule has 0 radical (unpaired) electrons. The van der Waals surface area contributed by atoms with Gasteiger partial charge in [-0.05, 0) is 42.9 Å². The van der Waals surface area contributed by atoms with Crippen molar-refractivity contribution >= 4 is 51.4 Å². The van der Waals surface area contributed by atoms with Crippen molar-refractivity contribution in [2.75, 3.05) is 18.1 Å². The van der Waals surface area contributed by atoms with Gasteiger partial charge in [-0.2, -0.15) is 0 Å². The molecule has 1 saturated carbocycles. The fourth-order valence-corrected chi connectivity index (χ4v) is 5.75. The number of nitrogens with one attached hydrogen (secondary N) is 2. The van der Waals surface area contributed by atoms with Crippen LogP contribution in [-0.2, 0) is 16.4 Å². The molecule has 0 spiro atoms. The minimum absolute atomic E-state index is 0. The van der Waals surface area contributed by atoms with E-state index < -0.39 is 9.84 Å². The summed E-state index contributed by atoms with van der Waals surface area (Å²) in [5, 5.41) is 7.63. The van der Waals surface area contributed by atoms with Crippen LogP contribution in [0.3, 0.4) is 0 Å². The molecule has 1 saturated heterocycles. The maximum atomic E-state index is 11.7. The molecule has 8 heteroatoms. The van der Waals surface area contributed by atoms with Gasteiger partial charge in [0.2, 0.25) is 0 Å². The first-order chi connectivity index (χ1) is 12.5. The van der Waals surface area contributed by atoms with Gasteiger partial charge in [0.25, 0.3) is 0 Å². The van der Waals surface area contributed by atoms with E-state index in [2.05, 4.69) is 10.6 Å². The molecule has 1 aromatic carbocycles. The topological polar surface area (TPSA) is 70.6 Å². The number of sulfone groups is 1. The van der Waals surface area contributed by atoms with E-state index in [4.69, 9.17) is 16.6 Å². The number of hydrogen-bond acceptors (Lipinski definition) is 3. The van der Waals surface area contributed by atoms with Gasteiger partial charge in [0, 0.05) is 17.6 Å². The van der Waals surface area contributed by atoms with E-state index in [1.165, 1.54) is 19.3 Å². The van der Waals surface area contributed by atoms with E-state index in [0.717, 1.165) is 30.8 Å². The minimum Gasteiger partial charge on any atom is -0.356 e. The zero-order chi connectivity index (χ0) is 18.4. The van der Waals surface area contributed by atoms with E-state index in [1.54, 1.807) is 0 Å². The van der Waals surface area contributed by atoms with Gasteiger partial charge in [0.1, 0.15) is 0 Å². The fraction of sp³-hybridized carbons (Fsp3) is 0.632. The molecule has 1 aromatic rings. The summed E-state index contributed by atoms with van der Waals surface area (Å²) in [7, 11) is -2.85. The van der Waals surface area contributed by atoms with Gasteiger partial charge in [-0.3, -0.25) is 0 Å². The molecule has 1 heterocycles. The van der Waals surface area contributed by atoms with Crippen molar-refractivity contribution in [2.24, 2.45) is 10.9 Å². The second-order valence-corrected chi connectivity index (χ2v) is 10.1. The number of aliphatic imine (C=N–C) groups is 1. The lowest BCUT2D eigenvalue weighted by atomic mass is 9.96. The largest absolute Gasteiger partial charge is 0.356 e. The van der Waals surface area contributed by atoms with Crippen LogP contribution in [0.1, 0.15) is 44.1 Å². The molecule has 152 valence electrons. The molecule has 1 unspecified atom stereocenters. The summed E-state index contributed by atoms with van der Waals surface area (Å²) in [6.07, 6.45) is 6.87. The number of hydrogen-bond donors (Lipinski definition) is 2. The standard InChI is InChI=1S/C19H28ClN3O2S.HI/c20-17-6-4-5-15(11-17)12-21-19(23-18-7-2-1-3-8-18)22-13-16-9-10-26(24,25)14-16;/h4-6,11,16,18H,1-3,7-10,12-14H2,(H2,21,22,23);1H. The third kappa shape index (κ3) is 7.77. The van der Waals surface area contributed by atoms with Crippen LogP contribution in [0.15, 0.2) is 29.3 Å². The molecular formula is C19H29ClIN3O2S. The molecule has 0 amide bonds. The van der Waals surface area contributed by atoms with Crippen molar-refractivity contribution in [3.05, 3.63) is 34.9 Å². The van der Waals surface area contributed by atoms with E-state index in [0.29, 0.717) is 29.9 Å². The van der Waals surface area contributed by atoms with E-state index >= 15 is 0 Å². The average molecular weight is 526 g/mol. The Bertz CT molecular complexity index is 736. The normalized spacial score (nSPS) is 22.9. The molecule has 5 nitrogen and oxygen atoms in total. The van der Waals surface area contributed by atoms with Crippen LogP contribution in [0.5, 0.6) is 0 Å². The van der Waals surface area contributed by atoms with Crippen molar-refractivity contribution in [2.45, 2.75) is 51.1 Å². The lowest BCUT2D eigenvalue weighted by Crippen LogP contribution is -2.45. The number of benzene rings is 1. The Kier molecular flexibility index (Phi) is 9.14. The molecule has 3 rings (SSSR count). The van der Waals surface area contributed by atoms with Gasteiger partial charge >= 0.3 is 0 Å². The smallest absolute Gasteiger partial charge is 0.191 e. The predicted octanol–water partition coefficient (Wildman–Crippen LogP) is 3.76. The number of guanidine groups is 1. The van der Waals surface area contributed by atoms with Crippen LogP contribution >= 0.6 is 35.6 Å². The molecule has 27 heavy (non-hydrogen) atoms. The van der Waals surface area contributed by atoms with Crippen molar-refractivity contribution in [1.82, 2.24) is 10.6 Å². The first-order valence-corrected chi connectivity index (χ1v) is 11.7. The summed E-state index contributed by atoms with van der Waals surface area (Å²) in [5.74, 6) is 1.54. The van der Waals surface area contributed by atoms with Gasteiger partial charge in [-0.25, -0.2) is 13.4 Å². The Balaban J connectivity index is 0.00000261. The van der Waals surface area contributed by atoms with E-state index in [1.807, 2.05) is 24.3 Å². The van der Waals surface area contributed by atoms with Crippen LogP contribution in [0.4, 0.5) is 0 Å². The highest BCUT2D eigenvalue weighted by Crippen LogP contribution is 2.19. The monoisotopic (exact) mass is 525 g/mol. The Morgan fingerprint density at radius 2 is 1.96 bits per heavy atom. The van der Waals surface area contributed by atoms with Gasteiger partial charge in [0.15, 0.2) is 15.8 Å². The summed E-state index contributed by atoms with van der Waals surface area (Å²) in [5.41, 5.74) is 1.06. The molecule has 0 bridgehead atoms. The average Bonchev–Trinajstić information content (AvgIpc) is 2.97. The second kappa shape index (κ2) is 10.9. The Morgan fingerprint density at radius 3 is 2.63 bits per heavy atom. The summed E-state index contributed by atoms with van der Waals surface area (Å²) < 4.78 is 23.3. The van der Waals surface area contributed by atoms with Gasteiger partial charge in [-0.15, -0.1) is 24.0 Å². The quantitative estimate of drug-likeness (QED) is 0.349. The SMILES string of the molecule is I.O=S1(=O)CCC(CNC(=NCc2cccc(Cl)c2)NC2CCCCC2)C1. The van der Waals surface area contributed by atoms with Crippen LogP contribution < -0.4 is 10.6 Å². The molecule has 0 aromatic heterocycles. The Hall–Kier alpha value is -0.540. The van der Waals surface area contributed by atoms with Crippen molar-refractivity contribution in [1.29, 1.82) is 0 Å². The maximum Gasteiger partial charge on any atom is 0.191 e. The van der Waals surface area contributed by atoms with E-state index in [-0.39, 0.29) is 35.6 Å². The summed E-state index contributed by atoms with van der Waals surface area (Å²) in [4.78, 5) is 4.71. The molecule has 2 N–H and O–H groups in total. The zero-order valence-electron chi connectivity index (χ0n) is 15.5. The zero-order valence-corrected chi connectivity index (χ0v) is 19.4. The molecule has 1 atom stereocenters. The minimum atomic E-state index is -2.85. The molecule has 2 aliphatic rings. The molecule has 1 aliphatic heterocycles. The maximum absolute atomic E-state index is 11.7. The fourth-order valence-electron chi connectivity index (χ4n) is 3.67. The second-order valence-electron chi connectivity index (χ2n) is 7.42. The van der Waals surface area contributed by atoms with Crippen LogP contribution in [0, 0.1) is 5.92 Å². The van der Waals surface area contributed by atoms with E-state index in [9.17, 15) is 8.42 Å². The third-order valence-corrected chi connectivity index (χ3v) is 7.21. The Morgan fingerprint density at radius 1 is 1.19 bits per heavy atom. The lowest BCUT2D eigenvalue weighted by Gasteiger charge is -2.25. The highest BCUT2D eigenvalue weighted by molar-refractivity contribution is 14.0. The highest BCUT2D eigenvalue weighted by atomic mass is 127. The first-order valence-electron chi connectivity index (χ1n) is 9.50. The number of rotatable bonds is 5. The lowest BCUT2D eigenvalue weighted by molar-refractivity contribution is 0.408. The van der Waals surface area contributed by atoms with Crippen LogP contribution in [0.25, 0.3) is 0 Å². The summed E-state index contributed by atoms with van der Waals surface area (Å²) in [6, 6.07) is 8.17. The summed E-state index contributed by atoms with van der Waals surface area (Å²) >= 11 is 6.05. The van der Waals surface area contributed by atoms with Gasteiger partial charge < -0.3 is 10.6 Å². The molecular weight excluding hydrogens is 497 g/mol. The van der Waals surface area contributed by atoms with Crippen LogP contribution in [0.2, 0.25) is 5.02 Å². The highest BCUT2D eigenvalue weighted by Gasteiger charge is 2.28. The summed E-state index contributed by atoms with van der Waals surface area (Å²) in [6.45, 7) is 1.19. The van der Waals surface area contributed by atoms with Gasteiger partial charge in [-0.1, -0.05) is 43.0 Å². The molecule has 2 fully saturated rings. The number of nitrogens with zero attached hydrogens (tertiary/aromatic N) is 1. The van der Waals surface area contributed by atoms with Gasteiger partial charge in [0.05, 0.1) is 18.1 Å². The number of halogens is 2.